The van der Waals surface area contributed by atoms with Crippen LogP contribution in [0, 0.1) is 0 Å². The third-order valence-corrected chi connectivity index (χ3v) is 6.26. The molecule has 218 valence electrons. The third kappa shape index (κ3) is 7.07. The summed E-state index contributed by atoms with van der Waals surface area (Å²) in [4.78, 5) is 27.8. The molecule has 0 aliphatic carbocycles. The molecule has 14 heteroatoms. The first kappa shape index (κ1) is 29.3. The number of carbonyl (C=O) groups is 2. The molecule has 0 radical (unpaired) electrons. The molecule has 3 heterocycles. The van der Waals surface area contributed by atoms with Crippen molar-refractivity contribution < 1.29 is 45.4 Å². The molecule has 0 saturated carbocycles. The summed E-state index contributed by atoms with van der Waals surface area (Å²) in [5.74, 6) is 0. The highest BCUT2D eigenvalue weighted by atomic mass is 19.4. The van der Waals surface area contributed by atoms with E-state index < -0.39 is 53.4 Å². The third-order valence-electron chi connectivity index (χ3n) is 6.26. The van der Waals surface area contributed by atoms with Crippen molar-refractivity contribution >= 4 is 17.8 Å². The molecular weight excluding hydrogens is 546 g/mol. The molecule has 8 nitrogen and oxygen atoms in total. The second kappa shape index (κ2) is 10.7. The van der Waals surface area contributed by atoms with Gasteiger partial charge in [-0.3, -0.25) is 4.68 Å². The lowest BCUT2D eigenvalue weighted by atomic mass is 10.0. The molecule has 0 N–H and O–H groups in total. The smallest absolute Gasteiger partial charge is 0.416 e. The average Bonchev–Trinajstić information content (AvgIpc) is 3.28. The van der Waals surface area contributed by atoms with E-state index in [2.05, 4.69) is 5.10 Å². The summed E-state index contributed by atoms with van der Waals surface area (Å²) in [6.45, 7) is 6.04. The number of alkyl halides is 6. The highest BCUT2D eigenvalue weighted by Gasteiger charge is 2.37. The van der Waals surface area contributed by atoms with Crippen molar-refractivity contribution in [2.45, 2.75) is 64.8 Å². The first-order valence-corrected chi connectivity index (χ1v) is 12.4. The van der Waals surface area contributed by atoms with Crippen LogP contribution in [0.15, 0.2) is 30.3 Å². The van der Waals surface area contributed by atoms with Gasteiger partial charge < -0.3 is 19.3 Å². The van der Waals surface area contributed by atoms with Gasteiger partial charge in [-0.25, -0.2) is 9.59 Å². The molecule has 1 aromatic carbocycles. The van der Waals surface area contributed by atoms with Crippen LogP contribution in [0.2, 0.25) is 0 Å². The maximum atomic E-state index is 13.1. The molecule has 0 spiro atoms. The van der Waals surface area contributed by atoms with Crippen LogP contribution in [0.25, 0.3) is 5.57 Å². The Morgan fingerprint density at radius 2 is 1.52 bits per heavy atom. The lowest BCUT2D eigenvalue weighted by Crippen LogP contribution is -2.39. The number of aromatic nitrogens is 2. The van der Waals surface area contributed by atoms with E-state index in [0.29, 0.717) is 49.6 Å². The quantitative estimate of drug-likeness (QED) is 0.415. The molecule has 2 amide bonds. The summed E-state index contributed by atoms with van der Waals surface area (Å²) >= 11 is 0. The van der Waals surface area contributed by atoms with E-state index in [0.717, 1.165) is 5.57 Å². The Morgan fingerprint density at radius 3 is 2.08 bits per heavy atom. The monoisotopic (exact) mass is 574 g/mol. The van der Waals surface area contributed by atoms with Crippen molar-refractivity contribution in [1.82, 2.24) is 19.6 Å². The summed E-state index contributed by atoms with van der Waals surface area (Å²) in [5.41, 5.74) is -1.67. The van der Waals surface area contributed by atoms with E-state index in [-0.39, 0.29) is 19.2 Å². The molecule has 2 aliphatic heterocycles. The molecule has 0 atom stereocenters. The van der Waals surface area contributed by atoms with Gasteiger partial charge in [-0.2, -0.15) is 31.4 Å². The van der Waals surface area contributed by atoms with Crippen LogP contribution in [0.1, 0.15) is 55.3 Å². The molecular formula is C26H28F6N4O4. The fourth-order valence-electron chi connectivity index (χ4n) is 4.31. The van der Waals surface area contributed by atoms with Crippen LogP contribution in [-0.4, -0.2) is 57.0 Å². The van der Waals surface area contributed by atoms with Gasteiger partial charge >= 0.3 is 24.5 Å². The fraction of sp³-hybridized carbons (Fsp3) is 0.500. The van der Waals surface area contributed by atoms with Crippen molar-refractivity contribution in [2.24, 2.45) is 0 Å². The molecule has 4 rings (SSSR count). The second-order valence-electron chi connectivity index (χ2n) is 10.5. The maximum absolute atomic E-state index is 13.1. The Morgan fingerprint density at radius 1 is 0.875 bits per heavy atom. The molecule has 0 bridgehead atoms. The van der Waals surface area contributed by atoms with Crippen LogP contribution in [-0.2, 0) is 41.5 Å². The van der Waals surface area contributed by atoms with Crippen LogP contribution in [0.3, 0.4) is 0 Å². The van der Waals surface area contributed by atoms with Crippen molar-refractivity contribution in [3.63, 3.8) is 0 Å². The van der Waals surface area contributed by atoms with E-state index >= 15 is 0 Å². The molecule has 2 aromatic rings. The van der Waals surface area contributed by atoms with Crippen LogP contribution >= 0.6 is 0 Å². The van der Waals surface area contributed by atoms with E-state index in [4.69, 9.17) is 9.47 Å². The Labute approximate surface area is 226 Å². The van der Waals surface area contributed by atoms with Gasteiger partial charge in [0.1, 0.15) is 12.2 Å². The van der Waals surface area contributed by atoms with Crippen molar-refractivity contribution in [3.8, 4) is 0 Å². The first-order chi connectivity index (χ1) is 18.5. The number of ether oxygens (including phenoxy) is 2. The zero-order valence-electron chi connectivity index (χ0n) is 22.0. The van der Waals surface area contributed by atoms with Gasteiger partial charge in [-0.1, -0.05) is 6.08 Å². The predicted octanol–water partition coefficient (Wildman–Crippen LogP) is 6.10. The van der Waals surface area contributed by atoms with Gasteiger partial charge in [-0.15, -0.1) is 0 Å². The number of halogens is 6. The Balaban J connectivity index is 1.38. The van der Waals surface area contributed by atoms with Gasteiger partial charge in [0.2, 0.25) is 0 Å². The number of nitrogens with zero attached hydrogens (tertiary/aromatic N) is 4. The van der Waals surface area contributed by atoms with Crippen molar-refractivity contribution in [3.05, 3.63) is 58.4 Å². The van der Waals surface area contributed by atoms with Crippen LogP contribution < -0.4 is 0 Å². The number of hydrogen-bond donors (Lipinski definition) is 0. The van der Waals surface area contributed by atoms with Crippen molar-refractivity contribution in [2.75, 3.05) is 19.6 Å². The van der Waals surface area contributed by atoms with Gasteiger partial charge in [0.15, 0.2) is 0 Å². The predicted molar refractivity (Wildman–Crippen MR) is 130 cm³/mol. The zero-order chi connectivity index (χ0) is 29.5. The Hall–Kier alpha value is -3.71. The number of benzene rings is 1. The summed E-state index contributed by atoms with van der Waals surface area (Å²) in [6.07, 6.45) is -8.82. The Kier molecular flexibility index (Phi) is 7.83. The Bertz CT molecular complexity index is 1280. The number of fused-ring (bicyclic) bond motifs is 1. The highest BCUT2D eigenvalue weighted by Crippen LogP contribution is 2.36. The minimum atomic E-state index is -5.00. The number of hydrogen-bond acceptors (Lipinski definition) is 5. The first-order valence-electron chi connectivity index (χ1n) is 12.4. The molecule has 0 fully saturated rings. The minimum Gasteiger partial charge on any atom is -0.445 e. The molecule has 0 unspecified atom stereocenters. The average molecular weight is 575 g/mol. The van der Waals surface area contributed by atoms with Gasteiger partial charge in [0.05, 0.1) is 35.6 Å². The number of carbonyl (C=O) groups excluding carboxylic acids is 2. The van der Waals surface area contributed by atoms with Gasteiger partial charge in [0, 0.05) is 19.6 Å². The summed E-state index contributed by atoms with van der Waals surface area (Å²) < 4.78 is 90.8. The zero-order valence-corrected chi connectivity index (χ0v) is 22.0. The summed E-state index contributed by atoms with van der Waals surface area (Å²) in [6, 6.07) is 2.88. The minimum absolute atomic E-state index is 0.0194. The molecule has 0 saturated heterocycles. The van der Waals surface area contributed by atoms with E-state index in [1.807, 2.05) is 6.08 Å². The fourth-order valence-corrected chi connectivity index (χ4v) is 4.31. The van der Waals surface area contributed by atoms with E-state index in [1.54, 1.807) is 36.4 Å². The SMILES string of the molecule is CC(C)(C)OC(=O)N1CC=C(c2cc3n(n2)CCN(C(=O)OCc2cc(C(F)(F)F)cc(C(F)(F)F)c2)C3)CC1. The number of rotatable bonds is 3. The molecule has 40 heavy (non-hydrogen) atoms. The topological polar surface area (TPSA) is 76.9 Å². The molecule has 2 aliphatic rings. The van der Waals surface area contributed by atoms with Gasteiger partial charge in [-0.05, 0) is 62.6 Å². The lowest BCUT2D eigenvalue weighted by molar-refractivity contribution is -0.143. The van der Waals surface area contributed by atoms with Crippen LogP contribution in [0.4, 0.5) is 35.9 Å². The van der Waals surface area contributed by atoms with E-state index in [9.17, 15) is 35.9 Å². The van der Waals surface area contributed by atoms with Gasteiger partial charge in [0.25, 0.3) is 0 Å². The van der Waals surface area contributed by atoms with Crippen molar-refractivity contribution in [1.29, 1.82) is 0 Å². The number of amides is 2. The highest BCUT2D eigenvalue weighted by molar-refractivity contribution is 5.72. The standard InChI is InChI=1S/C26H28F6N4O4/c1-24(2,3)40-23(38)34-6-4-17(5-7-34)21-13-20-14-35(8-9-36(20)33-21)22(37)39-15-16-10-18(25(27,28)29)12-19(11-16)26(30,31)32/h4,10-13H,5-9,14-15H2,1-3H3. The van der Waals surface area contributed by atoms with Crippen LogP contribution in [0.5, 0.6) is 0 Å². The normalized spacial score (nSPS) is 16.4. The summed E-state index contributed by atoms with van der Waals surface area (Å²) in [7, 11) is 0. The maximum Gasteiger partial charge on any atom is 0.416 e. The molecule has 1 aromatic heterocycles. The van der Waals surface area contributed by atoms with E-state index in [1.165, 1.54) is 4.90 Å². The largest absolute Gasteiger partial charge is 0.445 e. The summed E-state index contributed by atoms with van der Waals surface area (Å²) in [5, 5.41) is 4.58. The lowest BCUT2D eigenvalue weighted by Gasteiger charge is -2.29. The second-order valence-corrected chi connectivity index (χ2v) is 10.5.